The number of sulfonamides is 1. The monoisotopic (exact) mass is 414 g/mol. The van der Waals surface area contributed by atoms with E-state index in [0.717, 1.165) is 43.4 Å². The van der Waals surface area contributed by atoms with Gasteiger partial charge < -0.3 is 9.64 Å². The highest BCUT2D eigenvalue weighted by molar-refractivity contribution is 7.89. The number of thiophene rings is 1. The molecule has 7 nitrogen and oxygen atoms in total. The van der Waals surface area contributed by atoms with Crippen LogP contribution in [0.5, 0.6) is 0 Å². The number of amides is 1. The van der Waals surface area contributed by atoms with E-state index in [1.807, 2.05) is 13.8 Å². The minimum absolute atomic E-state index is 0.0217. The Morgan fingerprint density at radius 1 is 1.15 bits per heavy atom. The number of esters is 1. The van der Waals surface area contributed by atoms with Crippen LogP contribution in [-0.2, 0) is 19.6 Å². The van der Waals surface area contributed by atoms with Crippen LogP contribution in [0, 0.1) is 0 Å². The average Bonchev–Trinajstić information content (AvgIpc) is 3.31. The van der Waals surface area contributed by atoms with Gasteiger partial charge >= 0.3 is 5.97 Å². The fraction of sp³-hybridized carbons (Fsp3) is 0.667. The van der Waals surface area contributed by atoms with Crippen molar-refractivity contribution in [3.05, 3.63) is 16.3 Å². The molecule has 0 bridgehead atoms. The van der Waals surface area contributed by atoms with Crippen LogP contribution in [0.1, 0.15) is 55.6 Å². The van der Waals surface area contributed by atoms with Gasteiger partial charge in [-0.15, -0.1) is 11.3 Å². The van der Waals surface area contributed by atoms with Gasteiger partial charge in [0.2, 0.25) is 10.0 Å². The van der Waals surface area contributed by atoms with Gasteiger partial charge in [-0.25, -0.2) is 13.2 Å². The molecule has 0 spiro atoms. The van der Waals surface area contributed by atoms with Crippen molar-refractivity contribution in [3.8, 4) is 0 Å². The molecule has 3 rings (SSSR count). The normalized spacial score (nSPS) is 24.1. The van der Waals surface area contributed by atoms with Crippen LogP contribution in [0.15, 0.2) is 16.3 Å². The third kappa shape index (κ3) is 4.20. The van der Waals surface area contributed by atoms with E-state index in [9.17, 15) is 18.0 Å². The lowest BCUT2D eigenvalue weighted by Crippen LogP contribution is -2.49. The maximum absolute atomic E-state index is 12.7. The molecule has 2 unspecified atom stereocenters. The number of piperidine rings is 1. The molecule has 1 amide bonds. The molecule has 9 heteroatoms. The molecule has 0 aromatic carbocycles. The molecule has 0 aliphatic carbocycles. The molecule has 0 saturated carbocycles. The summed E-state index contributed by atoms with van der Waals surface area (Å²) in [5, 5.41) is 1.57. The Morgan fingerprint density at radius 2 is 1.78 bits per heavy atom. The Bertz CT molecular complexity index is 788. The first-order valence-corrected chi connectivity index (χ1v) is 11.7. The van der Waals surface area contributed by atoms with Gasteiger partial charge in [0.15, 0.2) is 6.61 Å². The zero-order valence-corrected chi connectivity index (χ0v) is 17.4. The molecule has 27 heavy (non-hydrogen) atoms. The lowest BCUT2D eigenvalue weighted by Gasteiger charge is -2.38. The molecule has 0 N–H and O–H groups in total. The number of likely N-dealkylation sites (tertiary alicyclic amines) is 1. The third-order valence-corrected chi connectivity index (χ3v) is 8.27. The number of ether oxygens (including phenoxy) is 1. The fourth-order valence-electron chi connectivity index (χ4n) is 3.90. The van der Waals surface area contributed by atoms with E-state index in [2.05, 4.69) is 0 Å². The van der Waals surface area contributed by atoms with Gasteiger partial charge in [0.1, 0.15) is 9.77 Å². The van der Waals surface area contributed by atoms with Crippen molar-refractivity contribution in [3.63, 3.8) is 0 Å². The number of hydrogen-bond acceptors (Lipinski definition) is 6. The molecule has 2 fully saturated rings. The molecule has 3 heterocycles. The molecule has 150 valence electrons. The van der Waals surface area contributed by atoms with Gasteiger partial charge in [-0.05, 0) is 57.4 Å². The van der Waals surface area contributed by atoms with Crippen LogP contribution in [0.3, 0.4) is 0 Å². The second-order valence-electron chi connectivity index (χ2n) is 7.23. The SMILES string of the molecule is CC1CCCC(C)N1C(=O)COC(=O)c1sccc1S(=O)(=O)N1CCCC1. The van der Waals surface area contributed by atoms with Crippen molar-refractivity contribution in [1.82, 2.24) is 9.21 Å². The highest BCUT2D eigenvalue weighted by Gasteiger charge is 2.33. The number of rotatable bonds is 5. The van der Waals surface area contributed by atoms with E-state index in [-0.39, 0.29) is 34.4 Å². The average molecular weight is 415 g/mol. The Balaban J connectivity index is 1.67. The van der Waals surface area contributed by atoms with Crippen LogP contribution < -0.4 is 0 Å². The van der Waals surface area contributed by atoms with Crippen LogP contribution >= 0.6 is 11.3 Å². The number of nitrogens with zero attached hydrogens (tertiary/aromatic N) is 2. The summed E-state index contributed by atoms with van der Waals surface area (Å²) in [6.45, 7) is 4.56. The molecule has 1 aromatic rings. The van der Waals surface area contributed by atoms with Crippen LogP contribution in [0.25, 0.3) is 0 Å². The Morgan fingerprint density at radius 3 is 2.41 bits per heavy atom. The molecule has 2 saturated heterocycles. The highest BCUT2D eigenvalue weighted by atomic mass is 32.2. The summed E-state index contributed by atoms with van der Waals surface area (Å²) in [6, 6.07) is 1.67. The van der Waals surface area contributed by atoms with Crippen molar-refractivity contribution in [2.75, 3.05) is 19.7 Å². The quantitative estimate of drug-likeness (QED) is 0.691. The summed E-state index contributed by atoms with van der Waals surface area (Å²) in [5.74, 6) is -0.989. The fourth-order valence-corrected chi connectivity index (χ4v) is 6.70. The minimum Gasteiger partial charge on any atom is -0.451 e. The zero-order valence-electron chi connectivity index (χ0n) is 15.7. The molecule has 2 aliphatic heterocycles. The van der Waals surface area contributed by atoms with E-state index < -0.39 is 16.0 Å². The lowest BCUT2D eigenvalue weighted by molar-refractivity contribution is -0.140. The minimum atomic E-state index is -3.70. The second kappa shape index (κ2) is 8.28. The Labute approximate surface area is 164 Å². The number of carbonyl (C=O) groups excluding carboxylic acids is 2. The van der Waals surface area contributed by atoms with E-state index in [1.165, 1.54) is 10.4 Å². The standard InChI is InChI=1S/C18H26N2O5S2/c1-13-6-5-7-14(2)20(13)16(21)12-25-18(22)17-15(8-11-26-17)27(23,24)19-9-3-4-10-19/h8,11,13-14H,3-7,9-10,12H2,1-2H3. The highest BCUT2D eigenvalue weighted by Crippen LogP contribution is 2.28. The molecule has 1 aromatic heterocycles. The van der Waals surface area contributed by atoms with Crippen LogP contribution in [0.4, 0.5) is 0 Å². The summed E-state index contributed by atoms with van der Waals surface area (Å²) < 4.78 is 32.1. The summed E-state index contributed by atoms with van der Waals surface area (Å²) >= 11 is 1.03. The molecule has 0 radical (unpaired) electrons. The summed E-state index contributed by atoms with van der Waals surface area (Å²) in [6.07, 6.45) is 4.60. The smallest absolute Gasteiger partial charge is 0.350 e. The molecule has 2 aliphatic rings. The van der Waals surface area contributed by atoms with Crippen molar-refractivity contribution < 1.29 is 22.7 Å². The Hall–Kier alpha value is -1.45. The first kappa shape index (κ1) is 20.3. The summed E-state index contributed by atoms with van der Waals surface area (Å²) in [4.78, 5) is 26.8. The van der Waals surface area contributed by atoms with Gasteiger partial charge in [0, 0.05) is 25.2 Å². The lowest BCUT2D eigenvalue weighted by atomic mass is 9.97. The summed E-state index contributed by atoms with van der Waals surface area (Å²) in [5.41, 5.74) is 0. The maximum atomic E-state index is 12.7. The van der Waals surface area contributed by atoms with Gasteiger partial charge in [-0.1, -0.05) is 0 Å². The largest absolute Gasteiger partial charge is 0.451 e. The maximum Gasteiger partial charge on any atom is 0.350 e. The van der Waals surface area contributed by atoms with Crippen molar-refractivity contribution in [1.29, 1.82) is 0 Å². The van der Waals surface area contributed by atoms with Crippen LogP contribution in [0.2, 0.25) is 0 Å². The molecule has 2 atom stereocenters. The summed E-state index contributed by atoms with van der Waals surface area (Å²) in [7, 11) is -3.70. The third-order valence-electron chi connectivity index (χ3n) is 5.31. The Kier molecular flexibility index (Phi) is 6.22. The molecular formula is C18H26N2O5S2. The van der Waals surface area contributed by atoms with Crippen molar-refractivity contribution in [2.45, 2.75) is 62.9 Å². The number of carbonyl (C=O) groups is 2. The van der Waals surface area contributed by atoms with E-state index >= 15 is 0 Å². The van der Waals surface area contributed by atoms with Crippen LogP contribution in [-0.4, -0.2) is 61.3 Å². The first-order valence-electron chi connectivity index (χ1n) is 9.38. The first-order chi connectivity index (χ1) is 12.8. The van der Waals surface area contributed by atoms with Gasteiger partial charge in [-0.2, -0.15) is 4.31 Å². The van der Waals surface area contributed by atoms with E-state index in [0.29, 0.717) is 13.1 Å². The topological polar surface area (TPSA) is 84.0 Å². The van der Waals surface area contributed by atoms with Gasteiger partial charge in [-0.3, -0.25) is 4.79 Å². The second-order valence-corrected chi connectivity index (χ2v) is 10.1. The predicted octanol–water partition coefficient (Wildman–Crippen LogP) is 2.48. The zero-order chi connectivity index (χ0) is 19.6. The van der Waals surface area contributed by atoms with E-state index in [4.69, 9.17) is 4.74 Å². The number of hydrogen-bond donors (Lipinski definition) is 0. The molecular weight excluding hydrogens is 388 g/mol. The van der Waals surface area contributed by atoms with Gasteiger partial charge in [0.25, 0.3) is 5.91 Å². The van der Waals surface area contributed by atoms with Crippen molar-refractivity contribution >= 4 is 33.2 Å². The van der Waals surface area contributed by atoms with E-state index in [1.54, 1.807) is 10.3 Å². The van der Waals surface area contributed by atoms with Crippen molar-refractivity contribution in [2.24, 2.45) is 0 Å². The predicted molar refractivity (Wildman–Crippen MR) is 102 cm³/mol. The van der Waals surface area contributed by atoms with Gasteiger partial charge in [0.05, 0.1) is 0 Å².